The van der Waals surface area contributed by atoms with Gasteiger partial charge in [0.2, 0.25) is 11.6 Å². The molecule has 0 amide bonds. The van der Waals surface area contributed by atoms with Gasteiger partial charge in [0.25, 0.3) is 0 Å². The summed E-state index contributed by atoms with van der Waals surface area (Å²) in [5.74, 6) is -0.732. The van der Waals surface area contributed by atoms with Crippen molar-refractivity contribution in [2.75, 3.05) is 0 Å². The van der Waals surface area contributed by atoms with Gasteiger partial charge in [0.1, 0.15) is 6.29 Å². The van der Waals surface area contributed by atoms with Gasteiger partial charge < -0.3 is 4.79 Å². The Balaban J connectivity index is 2.59. The normalized spacial score (nSPS) is 24.7. The molecule has 1 fully saturated rings. The van der Waals surface area contributed by atoms with Gasteiger partial charge >= 0.3 is 0 Å². The molecule has 0 aliphatic heterocycles. The molecule has 0 saturated heterocycles. The zero-order valence-corrected chi connectivity index (χ0v) is 12.2. The van der Waals surface area contributed by atoms with E-state index in [4.69, 9.17) is 0 Å². The Bertz CT molecular complexity index is 322. The molecule has 0 heterocycles. The zero-order chi connectivity index (χ0) is 14.3. The Hall–Kier alpha value is -0.990. The Morgan fingerprint density at radius 2 is 2.00 bits per heavy atom. The van der Waals surface area contributed by atoms with Crippen molar-refractivity contribution in [3.8, 4) is 0 Å². The smallest absolute Gasteiger partial charge is 0.201 e. The summed E-state index contributed by atoms with van der Waals surface area (Å²) in [6, 6.07) is 0. The maximum Gasteiger partial charge on any atom is 0.201 e. The molecule has 3 unspecified atom stereocenters. The number of carbonyl (C=O) groups excluding carboxylic acids is 3. The fraction of sp³-hybridized carbons (Fsp3) is 0.812. The molecule has 0 aromatic heterocycles. The number of ketones is 2. The van der Waals surface area contributed by atoms with Gasteiger partial charge in [-0.15, -0.1) is 0 Å². The molecule has 1 saturated carbocycles. The second-order valence-corrected chi connectivity index (χ2v) is 5.74. The van der Waals surface area contributed by atoms with Crippen molar-refractivity contribution in [3.05, 3.63) is 0 Å². The van der Waals surface area contributed by atoms with E-state index in [9.17, 15) is 14.4 Å². The first-order chi connectivity index (χ1) is 9.13. The fourth-order valence-electron chi connectivity index (χ4n) is 2.96. The molecule has 0 bridgehead atoms. The van der Waals surface area contributed by atoms with Crippen LogP contribution in [0.2, 0.25) is 0 Å². The van der Waals surface area contributed by atoms with Gasteiger partial charge in [-0.1, -0.05) is 33.1 Å². The zero-order valence-electron chi connectivity index (χ0n) is 12.2. The molecule has 0 aromatic carbocycles. The third-order valence-electron chi connectivity index (χ3n) is 4.29. The lowest BCUT2D eigenvalue weighted by Gasteiger charge is -2.25. The van der Waals surface area contributed by atoms with Crippen LogP contribution in [0.4, 0.5) is 0 Å². The van der Waals surface area contributed by atoms with Crippen molar-refractivity contribution >= 4 is 17.9 Å². The summed E-state index contributed by atoms with van der Waals surface area (Å²) in [6.07, 6.45) is 7.67. The van der Waals surface area contributed by atoms with Crippen LogP contribution in [-0.2, 0) is 14.4 Å². The van der Waals surface area contributed by atoms with Gasteiger partial charge in [-0.2, -0.15) is 0 Å². The van der Waals surface area contributed by atoms with Crippen molar-refractivity contribution < 1.29 is 14.4 Å². The van der Waals surface area contributed by atoms with E-state index in [0.29, 0.717) is 6.42 Å². The number of carbonyl (C=O) groups is 3. The predicted octanol–water partition coefficient (Wildman–Crippen LogP) is 3.35. The van der Waals surface area contributed by atoms with Crippen LogP contribution in [0.5, 0.6) is 0 Å². The first kappa shape index (κ1) is 16.1. The van der Waals surface area contributed by atoms with Crippen LogP contribution < -0.4 is 0 Å². The summed E-state index contributed by atoms with van der Waals surface area (Å²) in [4.78, 5) is 35.3. The largest absolute Gasteiger partial charge is 0.303 e. The van der Waals surface area contributed by atoms with Crippen LogP contribution >= 0.6 is 0 Å². The Kier molecular flexibility index (Phi) is 6.96. The topological polar surface area (TPSA) is 51.2 Å². The number of Topliss-reactive ketones (excluding diaryl/α,β-unsaturated/α-hetero) is 2. The molecule has 0 N–H and O–H groups in total. The van der Waals surface area contributed by atoms with Crippen LogP contribution in [-0.4, -0.2) is 17.9 Å². The second kappa shape index (κ2) is 8.23. The summed E-state index contributed by atoms with van der Waals surface area (Å²) in [5.41, 5.74) is 0. The Labute approximate surface area is 116 Å². The summed E-state index contributed by atoms with van der Waals surface area (Å²) in [5, 5.41) is 0. The van der Waals surface area contributed by atoms with Crippen LogP contribution in [0.15, 0.2) is 0 Å². The quantitative estimate of drug-likeness (QED) is 0.500. The number of aldehydes is 1. The Morgan fingerprint density at radius 1 is 1.26 bits per heavy atom. The third-order valence-corrected chi connectivity index (χ3v) is 4.29. The lowest BCUT2D eigenvalue weighted by Crippen LogP contribution is -2.33. The summed E-state index contributed by atoms with van der Waals surface area (Å²) < 4.78 is 0. The number of rotatable bonds is 8. The molecular weight excluding hydrogens is 240 g/mol. The van der Waals surface area contributed by atoms with E-state index < -0.39 is 0 Å². The highest BCUT2D eigenvalue weighted by atomic mass is 16.2. The second-order valence-electron chi connectivity index (χ2n) is 5.74. The van der Waals surface area contributed by atoms with E-state index in [-0.39, 0.29) is 29.3 Å². The summed E-state index contributed by atoms with van der Waals surface area (Å²) in [7, 11) is 0. The van der Waals surface area contributed by atoms with Gasteiger partial charge in [-0.25, -0.2) is 0 Å². The van der Waals surface area contributed by atoms with Crippen molar-refractivity contribution in [3.63, 3.8) is 0 Å². The molecule has 19 heavy (non-hydrogen) atoms. The molecular formula is C16H26O3. The van der Waals surface area contributed by atoms with Crippen LogP contribution in [0, 0.1) is 17.8 Å². The number of hydrogen-bond donors (Lipinski definition) is 0. The maximum absolute atomic E-state index is 12.3. The minimum Gasteiger partial charge on any atom is -0.303 e. The highest BCUT2D eigenvalue weighted by molar-refractivity contribution is 6.38. The van der Waals surface area contributed by atoms with Gasteiger partial charge in [0, 0.05) is 17.8 Å². The molecule has 0 spiro atoms. The van der Waals surface area contributed by atoms with Gasteiger partial charge in [-0.05, 0) is 32.1 Å². The predicted molar refractivity (Wildman–Crippen MR) is 74.8 cm³/mol. The monoisotopic (exact) mass is 266 g/mol. The molecule has 108 valence electrons. The van der Waals surface area contributed by atoms with E-state index in [1.54, 1.807) is 0 Å². The van der Waals surface area contributed by atoms with Crippen LogP contribution in [0.1, 0.15) is 65.2 Å². The van der Waals surface area contributed by atoms with Crippen molar-refractivity contribution in [1.29, 1.82) is 0 Å². The van der Waals surface area contributed by atoms with Crippen molar-refractivity contribution in [1.82, 2.24) is 0 Å². The molecule has 1 rings (SSSR count). The average Bonchev–Trinajstić information content (AvgIpc) is 2.47. The molecule has 3 heteroatoms. The lowest BCUT2D eigenvalue weighted by molar-refractivity contribution is -0.142. The molecule has 0 aromatic rings. The minimum atomic E-state index is -0.213. The Morgan fingerprint density at radius 3 is 2.58 bits per heavy atom. The highest BCUT2D eigenvalue weighted by Crippen LogP contribution is 2.30. The fourth-order valence-corrected chi connectivity index (χ4v) is 2.96. The van der Waals surface area contributed by atoms with Gasteiger partial charge in [0.15, 0.2) is 0 Å². The van der Waals surface area contributed by atoms with Crippen molar-refractivity contribution in [2.45, 2.75) is 65.2 Å². The van der Waals surface area contributed by atoms with Crippen LogP contribution in [0.25, 0.3) is 0 Å². The van der Waals surface area contributed by atoms with Crippen molar-refractivity contribution in [2.24, 2.45) is 17.8 Å². The lowest BCUT2D eigenvalue weighted by atomic mass is 9.77. The third kappa shape index (κ3) is 4.55. The first-order valence-corrected chi connectivity index (χ1v) is 7.67. The average molecular weight is 266 g/mol. The van der Waals surface area contributed by atoms with E-state index in [0.717, 1.165) is 51.2 Å². The molecule has 1 aliphatic rings. The molecule has 0 radical (unpaired) electrons. The van der Waals surface area contributed by atoms with Crippen LogP contribution in [0.3, 0.4) is 0 Å². The molecule has 3 nitrogen and oxygen atoms in total. The van der Waals surface area contributed by atoms with Gasteiger partial charge in [-0.3, -0.25) is 9.59 Å². The number of hydrogen-bond acceptors (Lipinski definition) is 3. The molecule has 3 atom stereocenters. The minimum absolute atomic E-state index is 0.0220. The maximum atomic E-state index is 12.3. The van der Waals surface area contributed by atoms with E-state index in [1.807, 2.05) is 6.92 Å². The SMILES string of the molecule is CCCCC(CC)C(=O)C(=O)C1CCCC(C=O)C1. The van der Waals surface area contributed by atoms with Gasteiger partial charge in [0.05, 0.1) is 0 Å². The standard InChI is InChI=1S/C16H26O3/c1-3-5-8-13(4-2)15(18)16(19)14-9-6-7-12(10-14)11-17/h11-14H,3-10H2,1-2H3. The highest BCUT2D eigenvalue weighted by Gasteiger charge is 2.33. The van der Waals surface area contributed by atoms with E-state index in [1.165, 1.54) is 0 Å². The van der Waals surface area contributed by atoms with E-state index >= 15 is 0 Å². The summed E-state index contributed by atoms with van der Waals surface area (Å²) >= 11 is 0. The van der Waals surface area contributed by atoms with E-state index in [2.05, 4.69) is 6.92 Å². The summed E-state index contributed by atoms with van der Waals surface area (Å²) in [6.45, 7) is 4.06. The first-order valence-electron chi connectivity index (χ1n) is 7.67. The number of unbranched alkanes of at least 4 members (excludes halogenated alkanes) is 1. The molecule has 1 aliphatic carbocycles.